The van der Waals surface area contributed by atoms with Gasteiger partial charge in [-0.25, -0.2) is 9.98 Å². The molecule has 1 aromatic heterocycles. The maximum atomic E-state index is 9.31. The van der Waals surface area contributed by atoms with Gasteiger partial charge < -0.3 is 15.2 Å². The minimum Gasteiger partial charge on any atom is -0.497 e. The van der Waals surface area contributed by atoms with Crippen molar-refractivity contribution in [3.05, 3.63) is 54.1 Å². The number of anilines is 1. The van der Waals surface area contributed by atoms with Crippen molar-refractivity contribution < 1.29 is 9.84 Å². The van der Waals surface area contributed by atoms with Crippen LogP contribution in [0, 0.1) is 0 Å². The van der Waals surface area contributed by atoms with Gasteiger partial charge in [0.1, 0.15) is 11.9 Å². The van der Waals surface area contributed by atoms with Crippen LogP contribution in [0.3, 0.4) is 0 Å². The van der Waals surface area contributed by atoms with E-state index in [0.29, 0.717) is 19.9 Å². The molecule has 0 saturated heterocycles. The first-order chi connectivity index (χ1) is 13.8. The molecule has 2 aliphatic heterocycles. The number of aliphatic imine (C=N–C) groups is 1. The first-order valence-electron chi connectivity index (χ1n) is 9.31. The molecule has 2 aromatic carbocycles. The topological polar surface area (TPSA) is 78.2 Å². The fourth-order valence-electron chi connectivity index (χ4n) is 3.84. The van der Waals surface area contributed by atoms with Crippen molar-refractivity contribution in [3.8, 4) is 5.75 Å². The number of fused-ring (bicyclic) bond motifs is 5. The predicted molar refractivity (Wildman–Crippen MR) is 107 cm³/mol. The van der Waals surface area contributed by atoms with Gasteiger partial charge in [0.05, 0.1) is 38.1 Å². The summed E-state index contributed by atoms with van der Waals surface area (Å²) in [7, 11) is 1.67. The molecule has 0 saturated carbocycles. The summed E-state index contributed by atoms with van der Waals surface area (Å²) in [5.74, 6) is 2.45. The predicted octanol–water partition coefficient (Wildman–Crippen LogP) is 1.58. The molecule has 0 spiro atoms. The molecule has 0 bridgehead atoms. The molecule has 2 aliphatic rings. The van der Waals surface area contributed by atoms with E-state index in [1.807, 2.05) is 36.4 Å². The number of aliphatic hydroxyl groups excluding tert-OH is 1. The third-order valence-corrected chi connectivity index (χ3v) is 5.19. The Kier molecular flexibility index (Phi) is 4.14. The normalized spacial score (nSPS) is 19.0. The number of hydrogen-bond donors (Lipinski definition) is 2. The number of aliphatic hydroxyl groups is 1. The molecule has 3 aromatic rings. The van der Waals surface area contributed by atoms with E-state index in [0.717, 1.165) is 34.3 Å². The van der Waals surface area contributed by atoms with E-state index in [2.05, 4.69) is 31.8 Å². The lowest BCUT2D eigenvalue weighted by molar-refractivity contribution is 0.195. The zero-order chi connectivity index (χ0) is 19.1. The number of ether oxygens (including phenoxy) is 1. The molecule has 0 radical (unpaired) electrons. The van der Waals surface area contributed by atoms with Gasteiger partial charge in [0.25, 0.3) is 0 Å². The summed E-state index contributed by atoms with van der Waals surface area (Å²) in [6.45, 7) is 1.85. The van der Waals surface area contributed by atoms with Crippen molar-refractivity contribution >= 4 is 22.9 Å². The molecular weight excluding hydrogens is 356 g/mol. The van der Waals surface area contributed by atoms with Crippen LogP contribution in [-0.4, -0.2) is 59.1 Å². The molecule has 8 nitrogen and oxygen atoms in total. The number of aromatic nitrogens is 2. The number of methoxy groups -OCH3 is 1. The van der Waals surface area contributed by atoms with E-state index in [9.17, 15) is 5.11 Å². The third kappa shape index (κ3) is 2.69. The highest BCUT2D eigenvalue weighted by Gasteiger charge is 2.35. The number of hydrogen-bond acceptors (Lipinski definition) is 7. The Morgan fingerprint density at radius 2 is 2.11 bits per heavy atom. The molecule has 8 heteroatoms. The van der Waals surface area contributed by atoms with Gasteiger partial charge in [0.15, 0.2) is 0 Å². The van der Waals surface area contributed by atoms with Crippen molar-refractivity contribution in [2.45, 2.75) is 6.17 Å². The lowest BCUT2D eigenvalue weighted by Gasteiger charge is -2.41. The third-order valence-electron chi connectivity index (χ3n) is 5.19. The van der Waals surface area contributed by atoms with E-state index in [4.69, 9.17) is 14.7 Å². The summed E-state index contributed by atoms with van der Waals surface area (Å²) in [5, 5.41) is 12.9. The summed E-state index contributed by atoms with van der Waals surface area (Å²) >= 11 is 0. The Hall–Kier alpha value is -3.10. The van der Waals surface area contributed by atoms with Crippen LogP contribution < -0.4 is 15.0 Å². The molecule has 144 valence electrons. The molecule has 5 rings (SSSR count). The molecule has 0 amide bonds. The Balaban J connectivity index is 1.66. The van der Waals surface area contributed by atoms with E-state index in [1.165, 1.54) is 0 Å². The summed E-state index contributed by atoms with van der Waals surface area (Å²) < 4.78 is 7.63. The van der Waals surface area contributed by atoms with Gasteiger partial charge in [-0.15, -0.1) is 0 Å². The molecule has 3 heterocycles. The van der Waals surface area contributed by atoms with Gasteiger partial charge in [0.2, 0.25) is 11.9 Å². The van der Waals surface area contributed by atoms with Crippen LogP contribution >= 0.6 is 0 Å². The van der Waals surface area contributed by atoms with E-state index in [1.54, 1.807) is 7.11 Å². The second-order valence-electron chi connectivity index (χ2n) is 6.90. The first kappa shape index (κ1) is 17.0. The Morgan fingerprint density at radius 1 is 1.21 bits per heavy atom. The molecule has 0 aliphatic carbocycles. The number of benzene rings is 2. The molecule has 2 N–H and O–H groups in total. The number of rotatable bonds is 4. The van der Waals surface area contributed by atoms with Crippen LogP contribution in [0.1, 0.15) is 11.7 Å². The zero-order valence-electron chi connectivity index (χ0n) is 15.6. The lowest BCUT2D eigenvalue weighted by atomic mass is 10.1. The fraction of sp³-hybridized carbons (Fsp3) is 0.300. The molecule has 1 unspecified atom stereocenters. The van der Waals surface area contributed by atoms with E-state index in [-0.39, 0.29) is 12.8 Å². The summed E-state index contributed by atoms with van der Waals surface area (Å²) in [5.41, 5.74) is 3.06. The van der Waals surface area contributed by atoms with E-state index < -0.39 is 0 Å². The zero-order valence-corrected chi connectivity index (χ0v) is 15.6. The summed E-state index contributed by atoms with van der Waals surface area (Å²) in [6.07, 6.45) is -0.142. The van der Waals surface area contributed by atoms with Gasteiger partial charge in [0, 0.05) is 6.54 Å². The highest BCUT2D eigenvalue weighted by molar-refractivity contribution is 5.98. The second-order valence-corrected chi connectivity index (χ2v) is 6.90. The first-order valence-corrected chi connectivity index (χ1v) is 9.31. The minimum absolute atomic E-state index is 0.106. The van der Waals surface area contributed by atoms with Crippen molar-refractivity contribution in [2.75, 3.05) is 38.5 Å². The van der Waals surface area contributed by atoms with Gasteiger partial charge >= 0.3 is 0 Å². The Morgan fingerprint density at radius 3 is 2.96 bits per heavy atom. The van der Waals surface area contributed by atoms with Crippen LogP contribution in [0.4, 0.5) is 5.95 Å². The number of imidazole rings is 1. The average molecular weight is 378 g/mol. The number of β-amino-alcohol motifs (C(OH)–C–C–N with tert-alkyl or cyclic N) is 1. The van der Waals surface area contributed by atoms with Crippen LogP contribution in [0.5, 0.6) is 5.75 Å². The van der Waals surface area contributed by atoms with Crippen LogP contribution in [0.15, 0.2) is 53.5 Å². The Bertz CT molecular complexity index is 1050. The van der Waals surface area contributed by atoms with Crippen molar-refractivity contribution in [1.29, 1.82) is 0 Å². The fourth-order valence-corrected chi connectivity index (χ4v) is 3.84. The van der Waals surface area contributed by atoms with Crippen LogP contribution in [-0.2, 0) is 0 Å². The smallest absolute Gasteiger partial charge is 0.216 e. The van der Waals surface area contributed by atoms with Gasteiger partial charge in [-0.2, -0.15) is 0 Å². The van der Waals surface area contributed by atoms with Crippen molar-refractivity contribution in [1.82, 2.24) is 19.8 Å². The molecule has 28 heavy (non-hydrogen) atoms. The number of nitrogens with one attached hydrogen (secondary N) is 1. The van der Waals surface area contributed by atoms with Gasteiger partial charge in [-0.05, 0) is 29.8 Å². The average Bonchev–Trinajstić information content (AvgIpc) is 3.13. The maximum Gasteiger partial charge on any atom is 0.216 e. The SMILES string of the molecule is COc1cccc(C2NC3=NCN(CCO)CN3c3nc4ccccc4n32)c1. The lowest BCUT2D eigenvalue weighted by Crippen LogP contribution is -2.57. The highest BCUT2D eigenvalue weighted by Crippen LogP contribution is 2.34. The Labute approximate surface area is 162 Å². The molecule has 0 fully saturated rings. The molecular formula is C20H22N6O2. The van der Waals surface area contributed by atoms with Crippen molar-refractivity contribution in [2.24, 2.45) is 4.99 Å². The standard InChI is InChI=1S/C20H22N6O2/c1-28-15-6-4-5-14(11-15)18-23-19-21-12-24(9-10-27)13-25(19)20-22-16-7-2-3-8-17(16)26(18)20/h2-8,11,18,27H,9-10,12-13H2,1H3,(H,21,23). The van der Waals surface area contributed by atoms with Crippen LogP contribution in [0.2, 0.25) is 0 Å². The quantitative estimate of drug-likeness (QED) is 0.718. The minimum atomic E-state index is -0.142. The van der Waals surface area contributed by atoms with Gasteiger partial charge in [-0.1, -0.05) is 24.3 Å². The molecule has 1 atom stereocenters. The second kappa shape index (κ2) is 6.81. The largest absolute Gasteiger partial charge is 0.497 e. The monoisotopic (exact) mass is 378 g/mol. The number of para-hydroxylation sites is 2. The van der Waals surface area contributed by atoms with Crippen LogP contribution in [0.25, 0.3) is 11.0 Å². The van der Waals surface area contributed by atoms with E-state index >= 15 is 0 Å². The summed E-state index contributed by atoms with van der Waals surface area (Å²) in [6, 6.07) is 16.2. The summed E-state index contributed by atoms with van der Waals surface area (Å²) in [4.78, 5) is 13.7. The highest BCUT2D eigenvalue weighted by atomic mass is 16.5. The van der Waals surface area contributed by atoms with Crippen molar-refractivity contribution in [3.63, 3.8) is 0 Å². The number of nitrogens with zero attached hydrogens (tertiary/aromatic N) is 5. The maximum absolute atomic E-state index is 9.31. The van der Waals surface area contributed by atoms with Gasteiger partial charge in [-0.3, -0.25) is 14.4 Å². The number of guanidine groups is 1.